The van der Waals surface area contributed by atoms with Gasteiger partial charge >= 0.3 is 0 Å². The lowest BCUT2D eigenvalue weighted by Gasteiger charge is -2.32. The van der Waals surface area contributed by atoms with Gasteiger partial charge in [-0.2, -0.15) is 0 Å². The fraction of sp³-hybridized carbons (Fsp3) is 0.688. The van der Waals surface area contributed by atoms with E-state index in [2.05, 4.69) is 28.2 Å². The minimum Gasteiger partial charge on any atom is -0.314 e. The van der Waals surface area contributed by atoms with Crippen LogP contribution in [0.5, 0.6) is 0 Å². The highest BCUT2D eigenvalue weighted by molar-refractivity contribution is 5.18. The van der Waals surface area contributed by atoms with Crippen LogP contribution < -0.4 is 5.32 Å². The predicted molar refractivity (Wildman–Crippen MR) is 78.0 cm³/mol. The second kappa shape index (κ2) is 6.02. The first kappa shape index (κ1) is 13.1. The zero-order chi connectivity index (χ0) is 13.1. The summed E-state index contributed by atoms with van der Waals surface area (Å²) in [7, 11) is 0. The summed E-state index contributed by atoms with van der Waals surface area (Å²) < 4.78 is 0. The maximum Gasteiger partial charge on any atom is 0.0417 e. The van der Waals surface area contributed by atoms with E-state index in [4.69, 9.17) is 0 Å². The highest BCUT2D eigenvalue weighted by atomic mass is 15.1. The van der Waals surface area contributed by atoms with Gasteiger partial charge in [-0.05, 0) is 69.8 Å². The van der Waals surface area contributed by atoms with E-state index in [1.807, 2.05) is 12.3 Å². The largest absolute Gasteiger partial charge is 0.314 e. The Morgan fingerprint density at radius 3 is 2.74 bits per heavy atom. The summed E-state index contributed by atoms with van der Waals surface area (Å²) in [4.78, 5) is 6.95. The molecule has 1 aromatic heterocycles. The minimum absolute atomic E-state index is 0.756. The summed E-state index contributed by atoms with van der Waals surface area (Å²) in [5, 5.41) is 3.74. The van der Waals surface area contributed by atoms with Gasteiger partial charge in [0.2, 0.25) is 0 Å². The summed E-state index contributed by atoms with van der Waals surface area (Å²) in [6.45, 7) is 6.87. The smallest absolute Gasteiger partial charge is 0.0417 e. The molecule has 3 rings (SSSR count). The molecule has 2 aliphatic rings. The Bertz CT molecular complexity index is 406. The van der Waals surface area contributed by atoms with Crippen molar-refractivity contribution in [3.8, 4) is 0 Å². The van der Waals surface area contributed by atoms with E-state index >= 15 is 0 Å². The molecular weight excluding hydrogens is 234 g/mol. The third-order valence-corrected chi connectivity index (χ3v) is 4.49. The van der Waals surface area contributed by atoms with Crippen LogP contribution >= 0.6 is 0 Å². The van der Waals surface area contributed by atoms with Gasteiger partial charge in [-0.3, -0.25) is 9.88 Å². The van der Waals surface area contributed by atoms with Gasteiger partial charge in [0.25, 0.3) is 0 Å². The molecule has 3 heteroatoms. The lowest BCUT2D eigenvalue weighted by molar-refractivity contribution is 0.189. The number of piperidine rings is 1. The SMILES string of the molecule is Cc1ncccc1CN1CCC(NCC2CC2)CC1. The molecule has 0 radical (unpaired) electrons. The van der Waals surface area contributed by atoms with Crippen LogP contribution in [0, 0.1) is 12.8 Å². The van der Waals surface area contributed by atoms with Gasteiger partial charge in [-0.25, -0.2) is 0 Å². The molecule has 2 fully saturated rings. The van der Waals surface area contributed by atoms with Gasteiger partial charge in [0, 0.05) is 24.5 Å². The summed E-state index contributed by atoms with van der Waals surface area (Å²) in [6, 6.07) is 5.01. The Kier molecular flexibility index (Phi) is 4.14. The molecule has 0 amide bonds. The van der Waals surface area contributed by atoms with Gasteiger partial charge in [0.15, 0.2) is 0 Å². The third kappa shape index (κ3) is 3.77. The first-order valence-corrected chi connectivity index (χ1v) is 7.67. The summed E-state index contributed by atoms with van der Waals surface area (Å²) in [5.41, 5.74) is 2.56. The number of aromatic nitrogens is 1. The summed E-state index contributed by atoms with van der Waals surface area (Å²) >= 11 is 0. The Morgan fingerprint density at radius 2 is 2.05 bits per heavy atom. The standard InChI is InChI=1S/C16H25N3/c1-13-15(3-2-8-17-13)12-19-9-6-16(7-10-19)18-11-14-4-5-14/h2-3,8,14,16,18H,4-7,9-12H2,1H3. The van der Waals surface area contributed by atoms with Gasteiger partial charge in [-0.1, -0.05) is 6.07 Å². The molecule has 1 aromatic rings. The van der Waals surface area contributed by atoms with Crippen LogP contribution in [-0.4, -0.2) is 35.6 Å². The van der Waals surface area contributed by atoms with Gasteiger partial charge < -0.3 is 5.32 Å². The highest BCUT2D eigenvalue weighted by Gasteiger charge is 2.24. The molecule has 1 N–H and O–H groups in total. The Hall–Kier alpha value is -0.930. The lowest BCUT2D eigenvalue weighted by Crippen LogP contribution is -2.42. The molecule has 1 saturated carbocycles. The predicted octanol–water partition coefficient (Wildman–Crippen LogP) is 2.35. The van der Waals surface area contributed by atoms with Crippen molar-refractivity contribution in [3.63, 3.8) is 0 Å². The molecule has 1 aliphatic heterocycles. The van der Waals surface area contributed by atoms with Crippen molar-refractivity contribution < 1.29 is 0 Å². The molecule has 0 bridgehead atoms. The van der Waals surface area contributed by atoms with Crippen molar-refractivity contribution >= 4 is 0 Å². The van der Waals surface area contributed by atoms with Gasteiger partial charge in [-0.15, -0.1) is 0 Å². The number of pyridine rings is 1. The Labute approximate surface area is 116 Å². The van der Waals surface area contributed by atoms with Crippen LogP contribution in [0.2, 0.25) is 0 Å². The molecule has 0 aromatic carbocycles. The van der Waals surface area contributed by atoms with Crippen LogP contribution in [0.4, 0.5) is 0 Å². The highest BCUT2D eigenvalue weighted by Crippen LogP contribution is 2.28. The zero-order valence-corrected chi connectivity index (χ0v) is 11.9. The maximum absolute atomic E-state index is 4.38. The van der Waals surface area contributed by atoms with E-state index in [1.54, 1.807) is 0 Å². The average Bonchev–Trinajstić information content (AvgIpc) is 3.25. The van der Waals surface area contributed by atoms with Gasteiger partial charge in [0.05, 0.1) is 0 Å². The van der Waals surface area contributed by atoms with Crippen molar-refractivity contribution in [1.29, 1.82) is 0 Å². The number of nitrogens with one attached hydrogen (secondary N) is 1. The summed E-state index contributed by atoms with van der Waals surface area (Å²) in [6.07, 6.45) is 7.38. The monoisotopic (exact) mass is 259 g/mol. The first-order chi connectivity index (χ1) is 9.31. The van der Waals surface area contributed by atoms with Crippen LogP contribution in [0.15, 0.2) is 18.3 Å². The van der Waals surface area contributed by atoms with E-state index < -0.39 is 0 Å². The molecule has 1 aliphatic carbocycles. The minimum atomic E-state index is 0.756. The van der Waals surface area contributed by atoms with E-state index in [1.165, 1.54) is 56.6 Å². The van der Waals surface area contributed by atoms with Crippen molar-refractivity contribution in [2.24, 2.45) is 5.92 Å². The second-order valence-corrected chi connectivity index (χ2v) is 6.15. The fourth-order valence-corrected chi connectivity index (χ4v) is 2.88. The average molecular weight is 259 g/mol. The molecule has 104 valence electrons. The fourth-order valence-electron chi connectivity index (χ4n) is 2.88. The molecule has 3 nitrogen and oxygen atoms in total. The Morgan fingerprint density at radius 1 is 1.26 bits per heavy atom. The maximum atomic E-state index is 4.38. The van der Waals surface area contributed by atoms with Crippen molar-refractivity contribution in [2.75, 3.05) is 19.6 Å². The van der Waals surface area contributed by atoms with E-state index in [0.717, 1.165) is 18.5 Å². The number of hydrogen-bond donors (Lipinski definition) is 1. The van der Waals surface area contributed by atoms with Crippen LogP contribution in [0.25, 0.3) is 0 Å². The Balaban J connectivity index is 1.43. The summed E-state index contributed by atoms with van der Waals surface area (Å²) in [5.74, 6) is 0.996. The zero-order valence-electron chi connectivity index (χ0n) is 11.9. The molecular formula is C16H25N3. The molecule has 0 atom stereocenters. The second-order valence-electron chi connectivity index (χ2n) is 6.15. The van der Waals surface area contributed by atoms with Crippen molar-refractivity contribution in [1.82, 2.24) is 15.2 Å². The normalized spacial score (nSPS) is 21.7. The third-order valence-electron chi connectivity index (χ3n) is 4.49. The molecule has 2 heterocycles. The van der Waals surface area contributed by atoms with Crippen LogP contribution in [-0.2, 0) is 6.54 Å². The number of nitrogens with zero attached hydrogens (tertiary/aromatic N) is 2. The number of hydrogen-bond acceptors (Lipinski definition) is 3. The molecule has 1 saturated heterocycles. The van der Waals surface area contributed by atoms with Gasteiger partial charge in [0.1, 0.15) is 0 Å². The molecule has 19 heavy (non-hydrogen) atoms. The van der Waals surface area contributed by atoms with E-state index in [9.17, 15) is 0 Å². The number of aryl methyl sites for hydroxylation is 1. The van der Waals surface area contributed by atoms with E-state index in [-0.39, 0.29) is 0 Å². The topological polar surface area (TPSA) is 28.2 Å². The number of likely N-dealkylation sites (tertiary alicyclic amines) is 1. The molecule has 0 spiro atoms. The quantitative estimate of drug-likeness (QED) is 0.880. The van der Waals surface area contributed by atoms with Crippen molar-refractivity contribution in [2.45, 2.75) is 45.2 Å². The first-order valence-electron chi connectivity index (χ1n) is 7.67. The van der Waals surface area contributed by atoms with Crippen LogP contribution in [0.1, 0.15) is 36.9 Å². The molecule has 0 unspecified atom stereocenters. The van der Waals surface area contributed by atoms with Crippen LogP contribution in [0.3, 0.4) is 0 Å². The van der Waals surface area contributed by atoms with E-state index in [0.29, 0.717) is 0 Å². The number of rotatable bonds is 5. The lowest BCUT2D eigenvalue weighted by atomic mass is 10.0. The van der Waals surface area contributed by atoms with Crippen molar-refractivity contribution in [3.05, 3.63) is 29.6 Å².